The van der Waals surface area contributed by atoms with Crippen LogP contribution in [0.15, 0.2) is 54.9 Å². The van der Waals surface area contributed by atoms with E-state index in [1.165, 1.54) is 0 Å². The van der Waals surface area contributed by atoms with Gasteiger partial charge in [-0.3, -0.25) is 4.79 Å². The first kappa shape index (κ1) is 14.0. The molecule has 0 saturated carbocycles. The third kappa shape index (κ3) is 2.59. The smallest absolute Gasteiger partial charge is 0.254 e. The summed E-state index contributed by atoms with van der Waals surface area (Å²) in [6.45, 7) is 2.56. The number of rotatable bonds is 2. The number of morpholine rings is 1. The minimum atomic E-state index is 0.0692. The van der Waals surface area contributed by atoms with E-state index >= 15 is 0 Å². The fourth-order valence-electron chi connectivity index (χ4n) is 2.90. The number of pyridine rings is 1. The molecule has 1 saturated heterocycles. The van der Waals surface area contributed by atoms with Crippen LogP contribution in [-0.4, -0.2) is 46.7 Å². The van der Waals surface area contributed by atoms with Gasteiger partial charge in [0, 0.05) is 30.4 Å². The SMILES string of the molecule is O=C(c1ccc(-c2cnn3ccccc23)cc1)N1CCOCC1. The van der Waals surface area contributed by atoms with Gasteiger partial charge in [0.1, 0.15) is 0 Å². The van der Waals surface area contributed by atoms with Gasteiger partial charge >= 0.3 is 0 Å². The van der Waals surface area contributed by atoms with Crippen LogP contribution in [0.4, 0.5) is 0 Å². The fraction of sp³-hybridized carbons (Fsp3) is 0.222. The number of carbonyl (C=O) groups excluding carboxylic acids is 1. The Hall–Kier alpha value is -2.66. The highest BCUT2D eigenvalue weighted by atomic mass is 16.5. The van der Waals surface area contributed by atoms with Crippen molar-refractivity contribution < 1.29 is 9.53 Å². The molecule has 116 valence electrons. The molecule has 23 heavy (non-hydrogen) atoms. The zero-order valence-electron chi connectivity index (χ0n) is 12.7. The monoisotopic (exact) mass is 307 g/mol. The highest BCUT2D eigenvalue weighted by Gasteiger charge is 2.18. The van der Waals surface area contributed by atoms with E-state index in [0.29, 0.717) is 31.9 Å². The van der Waals surface area contributed by atoms with Gasteiger partial charge in [0.05, 0.1) is 24.9 Å². The Balaban J connectivity index is 1.61. The number of aromatic nitrogens is 2. The van der Waals surface area contributed by atoms with Gasteiger partial charge in [-0.05, 0) is 29.8 Å². The number of fused-ring (bicyclic) bond motifs is 1. The van der Waals surface area contributed by atoms with Crippen LogP contribution >= 0.6 is 0 Å². The van der Waals surface area contributed by atoms with E-state index in [0.717, 1.165) is 16.6 Å². The molecule has 1 aliphatic rings. The summed E-state index contributed by atoms with van der Waals surface area (Å²) >= 11 is 0. The van der Waals surface area contributed by atoms with E-state index in [1.54, 1.807) is 0 Å². The van der Waals surface area contributed by atoms with E-state index in [1.807, 2.05) is 64.3 Å². The zero-order chi connectivity index (χ0) is 15.6. The predicted octanol–water partition coefficient (Wildman–Crippen LogP) is 2.47. The summed E-state index contributed by atoms with van der Waals surface area (Å²) in [5.41, 5.74) is 3.90. The molecule has 2 aromatic heterocycles. The quantitative estimate of drug-likeness (QED) is 0.731. The van der Waals surface area contributed by atoms with E-state index < -0.39 is 0 Å². The molecule has 3 heterocycles. The number of benzene rings is 1. The Labute approximate surface area is 134 Å². The van der Waals surface area contributed by atoms with Gasteiger partial charge in [-0.15, -0.1) is 0 Å². The maximum absolute atomic E-state index is 12.5. The summed E-state index contributed by atoms with van der Waals surface area (Å²) in [5.74, 6) is 0.0692. The maximum Gasteiger partial charge on any atom is 0.254 e. The number of ether oxygens (including phenoxy) is 1. The Kier molecular flexibility index (Phi) is 3.55. The molecule has 0 unspecified atom stereocenters. The first-order chi connectivity index (χ1) is 11.3. The van der Waals surface area contributed by atoms with Gasteiger partial charge in [0.2, 0.25) is 0 Å². The predicted molar refractivity (Wildman–Crippen MR) is 87.4 cm³/mol. The van der Waals surface area contributed by atoms with Crippen LogP contribution in [0.5, 0.6) is 0 Å². The Morgan fingerprint density at radius 3 is 2.61 bits per heavy atom. The maximum atomic E-state index is 12.5. The van der Waals surface area contributed by atoms with E-state index in [9.17, 15) is 4.79 Å². The van der Waals surface area contributed by atoms with E-state index in [-0.39, 0.29) is 5.91 Å². The molecule has 0 radical (unpaired) electrons. The van der Waals surface area contributed by atoms with E-state index in [4.69, 9.17) is 4.74 Å². The largest absolute Gasteiger partial charge is 0.378 e. The Morgan fingerprint density at radius 2 is 1.83 bits per heavy atom. The molecule has 0 N–H and O–H groups in total. The molecule has 1 fully saturated rings. The lowest BCUT2D eigenvalue weighted by molar-refractivity contribution is 0.0303. The molecule has 0 aliphatic carbocycles. The van der Waals surface area contributed by atoms with Crippen molar-refractivity contribution in [3.63, 3.8) is 0 Å². The van der Waals surface area contributed by atoms with Crippen molar-refractivity contribution in [2.45, 2.75) is 0 Å². The van der Waals surface area contributed by atoms with Crippen molar-refractivity contribution >= 4 is 11.4 Å². The standard InChI is InChI=1S/C18H17N3O2/c22-18(20-9-11-23-12-10-20)15-6-4-14(5-7-15)16-13-19-21-8-2-1-3-17(16)21/h1-8,13H,9-12H2. The van der Waals surface area contributed by atoms with Crippen molar-refractivity contribution in [1.29, 1.82) is 0 Å². The van der Waals surface area contributed by atoms with Gasteiger partial charge in [0.25, 0.3) is 5.91 Å². The van der Waals surface area contributed by atoms with Crippen molar-refractivity contribution in [2.75, 3.05) is 26.3 Å². The van der Waals surface area contributed by atoms with Crippen LogP contribution in [-0.2, 0) is 4.74 Å². The molecule has 3 aromatic rings. The van der Waals surface area contributed by atoms with Crippen molar-refractivity contribution in [2.24, 2.45) is 0 Å². The fourth-order valence-corrected chi connectivity index (χ4v) is 2.90. The lowest BCUT2D eigenvalue weighted by atomic mass is 10.0. The second-order valence-electron chi connectivity index (χ2n) is 5.57. The van der Waals surface area contributed by atoms with Crippen LogP contribution in [0.25, 0.3) is 16.6 Å². The van der Waals surface area contributed by atoms with Gasteiger partial charge in [0.15, 0.2) is 0 Å². The van der Waals surface area contributed by atoms with Gasteiger partial charge in [-0.1, -0.05) is 18.2 Å². The second kappa shape index (κ2) is 5.85. The molecule has 1 amide bonds. The summed E-state index contributed by atoms with van der Waals surface area (Å²) in [6, 6.07) is 13.7. The van der Waals surface area contributed by atoms with Crippen LogP contribution in [0.3, 0.4) is 0 Å². The van der Waals surface area contributed by atoms with Crippen molar-refractivity contribution in [3.8, 4) is 11.1 Å². The summed E-state index contributed by atoms with van der Waals surface area (Å²) in [4.78, 5) is 14.3. The normalized spacial score (nSPS) is 15.0. The van der Waals surface area contributed by atoms with Crippen LogP contribution < -0.4 is 0 Å². The Bertz CT molecular complexity index is 833. The zero-order valence-corrected chi connectivity index (χ0v) is 12.7. The lowest BCUT2D eigenvalue weighted by Gasteiger charge is -2.26. The third-order valence-electron chi connectivity index (χ3n) is 4.17. The minimum absolute atomic E-state index is 0.0692. The molecule has 5 nitrogen and oxygen atoms in total. The molecule has 4 rings (SSSR count). The number of carbonyl (C=O) groups is 1. The average molecular weight is 307 g/mol. The van der Waals surface area contributed by atoms with Gasteiger partial charge in [-0.2, -0.15) is 5.10 Å². The molecule has 1 aromatic carbocycles. The van der Waals surface area contributed by atoms with E-state index in [2.05, 4.69) is 5.10 Å². The topological polar surface area (TPSA) is 46.8 Å². The van der Waals surface area contributed by atoms with Crippen LogP contribution in [0.1, 0.15) is 10.4 Å². The first-order valence-electron chi connectivity index (χ1n) is 7.73. The molecule has 0 atom stereocenters. The van der Waals surface area contributed by atoms with Crippen LogP contribution in [0.2, 0.25) is 0 Å². The minimum Gasteiger partial charge on any atom is -0.378 e. The summed E-state index contributed by atoms with van der Waals surface area (Å²) in [7, 11) is 0. The highest BCUT2D eigenvalue weighted by molar-refractivity contribution is 5.95. The molecule has 0 spiro atoms. The number of hydrogen-bond donors (Lipinski definition) is 0. The number of amides is 1. The molecular weight excluding hydrogens is 290 g/mol. The summed E-state index contributed by atoms with van der Waals surface area (Å²) in [5, 5.41) is 4.35. The summed E-state index contributed by atoms with van der Waals surface area (Å²) in [6.07, 6.45) is 3.78. The van der Waals surface area contributed by atoms with Crippen molar-refractivity contribution in [1.82, 2.24) is 14.5 Å². The van der Waals surface area contributed by atoms with Gasteiger partial charge in [-0.25, -0.2) is 4.52 Å². The number of hydrogen-bond acceptors (Lipinski definition) is 3. The van der Waals surface area contributed by atoms with Gasteiger partial charge < -0.3 is 9.64 Å². The second-order valence-corrected chi connectivity index (χ2v) is 5.57. The first-order valence-corrected chi connectivity index (χ1v) is 7.73. The number of nitrogens with zero attached hydrogens (tertiary/aromatic N) is 3. The molecule has 1 aliphatic heterocycles. The Morgan fingerprint density at radius 1 is 1.04 bits per heavy atom. The molecule has 5 heteroatoms. The van der Waals surface area contributed by atoms with Crippen molar-refractivity contribution in [3.05, 3.63) is 60.4 Å². The highest BCUT2D eigenvalue weighted by Crippen LogP contribution is 2.24. The average Bonchev–Trinajstić information content (AvgIpc) is 3.06. The van der Waals surface area contributed by atoms with Crippen LogP contribution in [0, 0.1) is 0 Å². The third-order valence-corrected chi connectivity index (χ3v) is 4.17. The lowest BCUT2D eigenvalue weighted by Crippen LogP contribution is -2.40. The molecular formula is C18H17N3O2. The molecule has 0 bridgehead atoms. The summed E-state index contributed by atoms with van der Waals surface area (Å²) < 4.78 is 7.14.